The van der Waals surface area contributed by atoms with E-state index in [1.807, 2.05) is 19.1 Å². The molecule has 0 atom stereocenters. The van der Waals surface area contributed by atoms with E-state index in [4.69, 9.17) is 37.2 Å². The number of ether oxygens (including phenoxy) is 2. The van der Waals surface area contributed by atoms with Crippen molar-refractivity contribution in [3.05, 3.63) is 63.6 Å². The van der Waals surface area contributed by atoms with Crippen LogP contribution in [0.2, 0.25) is 10.0 Å². The van der Waals surface area contributed by atoms with Crippen molar-refractivity contribution in [3.63, 3.8) is 0 Å². The van der Waals surface area contributed by atoms with Crippen LogP contribution in [0, 0.1) is 6.92 Å². The van der Waals surface area contributed by atoms with Gasteiger partial charge < -0.3 is 14.0 Å². The predicted molar refractivity (Wildman–Crippen MR) is 109 cm³/mol. The van der Waals surface area contributed by atoms with Gasteiger partial charge in [-0.05, 0) is 31.2 Å². The van der Waals surface area contributed by atoms with Crippen molar-refractivity contribution >= 4 is 41.0 Å². The van der Waals surface area contributed by atoms with Crippen LogP contribution in [-0.2, 0) is 9.53 Å². The Labute approximate surface area is 176 Å². The minimum atomic E-state index is -0.771. The molecule has 0 aliphatic rings. The first kappa shape index (κ1) is 20.7. The van der Waals surface area contributed by atoms with Gasteiger partial charge in [0, 0.05) is 5.56 Å². The number of amides is 1. The Morgan fingerprint density at radius 1 is 1.10 bits per heavy atom. The number of aromatic nitrogens is 1. The molecular weight excluding hydrogens is 419 g/mol. The summed E-state index contributed by atoms with van der Waals surface area (Å²) in [6, 6.07) is 12.0. The summed E-state index contributed by atoms with van der Waals surface area (Å²) in [5, 5.41) is 6.84. The van der Waals surface area contributed by atoms with E-state index < -0.39 is 11.9 Å². The van der Waals surface area contributed by atoms with E-state index in [-0.39, 0.29) is 39.4 Å². The number of nitrogens with zero attached hydrogens (tertiary/aromatic N) is 1. The molecule has 0 aliphatic carbocycles. The molecule has 9 heteroatoms. The molecule has 1 aromatic heterocycles. The Morgan fingerprint density at radius 3 is 2.38 bits per heavy atom. The molecule has 1 heterocycles. The maximum absolute atomic E-state index is 12.3. The van der Waals surface area contributed by atoms with Gasteiger partial charge in [0.1, 0.15) is 11.4 Å². The molecule has 0 spiro atoms. The first-order valence-electron chi connectivity index (χ1n) is 8.42. The number of halogens is 2. The van der Waals surface area contributed by atoms with Gasteiger partial charge >= 0.3 is 5.97 Å². The molecule has 2 aromatic carbocycles. The zero-order valence-electron chi connectivity index (χ0n) is 15.5. The molecule has 0 saturated heterocycles. The normalized spacial score (nSPS) is 10.5. The van der Waals surface area contributed by atoms with E-state index in [1.54, 1.807) is 30.3 Å². The van der Waals surface area contributed by atoms with Crippen molar-refractivity contribution < 1.29 is 23.6 Å². The van der Waals surface area contributed by atoms with E-state index in [0.29, 0.717) is 5.75 Å². The van der Waals surface area contributed by atoms with Gasteiger partial charge in [-0.2, -0.15) is 0 Å². The van der Waals surface area contributed by atoms with Crippen molar-refractivity contribution in [1.82, 2.24) is 5.16 Å². The fourth-order valence-corrected chi connectivity index (χ4v) is 3.08. The summed E-state index contributed by atoms with van der Waals surface area (Å²) < 4.78 is 15.4. The van der Waals surface area contributed by atoms with Crippen LogP contribution in [0.1, 0.15) is 15.9 Å². The van der Waals surface area contributed by atoms with Gasteiger partial charge in [-0.1, -0.05) is 52.1 Å². The van der Waals surface area contributed by atoms with Gasteiger partial charge in [0.2, 0.25) is 5.88 Å². The summed E-state index contributed by atoms with van der Waals surface area (Å²) in [5.74, 6) is -0.990. The molecular formula is C20H16Cl2N2O5. The summed E-state index contributed by atoms with van der Waals surface area (Å²) in [6.45, 7) is 1.64. The lowest BCUT2D eigenvalue weighted by Crippen LogP contribution is -2.21. The Kier molecular flexibility index (Phi) is 6.41. The maximum Gasteiger partial charge on any atom is 0.345 e. The van der Waals surface area contributed by atoms with E-state index in [9.17, 15) is 9.59 Å². The average Bonchev–Trinajstić information content (AvgIpc) is 3.10. The minimum absolute atomic E-state index is 0.0576. The van der Waals surface area contributed by atoms with Crippen LogP contribution in [0.3, 0.4) is 0 Å². The van der Waals surface area contributed by atoms with E-state index in [2.05, 4.69) is 10.5 Å². The molecule has 3 rings (SSSR count). The molecule has 0 radical (unpaired) electrons. The standard InChI is InChI=1S/C20H16Cl2N2O5/c1-11-6-8-12(9-7-11)28-10-15(25)23-19-17(20(26)27-2)18(24-29-19)16-13(21)4-3-5-14(16)22/h3-9H,10H2,1-2H3,(H,23,25). The highest BCUT2D eigenvalue weighted by atomic mass is 35.5. The molecule has 3 aromatic rings. The number of hydrogen-bond donors (Lipinski definition) is 1. The van der Waals surface area contributed by atoms with Crippen LogP contribution in [0.25, 0.3) is 11.3 Å². The Morgan fingerprint density at radius 2 is 1.76 bits per heavy atom. The lowest BCUT2D eigenvalue weighted by atomic mass is 10.1. The van der Waals surface area contributed by atoms with Gasteiger partial charge in [-0.3, -0.25) is 10.1 Å². The van der Waals surface area contributed by atoms with E-state index in [1.165, 1.54) is 7.11 Å². The van der Waals surface area contributed by atoms with Gasteiger partial charge in [0.25, 0.3) is 5.91 Å². The molecule has 0 fully saturated rings. The molecule has 150 valence electrons. The number of methoxy groups -OCH3 is 1. The lowest BCUT2D eigenvalue weighted by Gasteiger charge is -2.08. The fourth-order valence-electron chi connectivity index (χ4n) is 2.51. The molecule has 0 aliphatic heterocycles. The van der Waals surface area contributed by atoms with Crippen LogP contribution in [0.5, 0.6) is 5.75 Å². The van der Waals surface area contributed by atoms with Crippen LogP contribution >= 0.6 is 23.2 Å². The van der Waals surface area contributed by atoms with Crippen molar-refractivity contribution in [2.24, 2.45) is 0 Å². The summed E-state index contributed by atoms with van der Waals surface area (Å²) in [6.07, 6.45) is 0. The van der Waals surface area contributed by atoms with E-state index >= 15 is 0 Å². The van der Waals surface area contributed by atoms with Crippen molar-refractivity contribution in [3.8, 4) is 17.0 Å². The monoisotopic (exact) mass is 434 g/mol. The zero-order valence-corrected chi connectivity index (χ0v) is 17.0. The molecule has 0 bridgehead atoms. The molecule has 29 heavy (non-hydrogen) atoms. The van der Waals surface area contributed by atoms with Gasteiger partial charge in [-0.15, -0.1) is 0 Å². The average molecular weight is 435 g/mol. The van der Waals surface area contributed by atoms with Gasteiger partial charge in [-0.25, -0.2) is 4.79 Å². The largest absolute Gasteiger partial charge is 0.484 e. The lowest BCUT2D eigenvalue weighted by molar-refractivity contribution is -0.118. The summed E-state index contributed by atoms with van der Waals surface area (Å²) in [4.78, 5) is 24.6. The zero-order chi connectivity index (χ0) is 21.0. The number of carbonyl (C=O) groups is 2. The number of anilines is 1. The van der Waals surface area contributed by atoms with Crippen molar-refractivity contribution in [1.29, 1.82) is 0 Å². The molecule has 0 unspecified atom stereocenters. The first-order chi connectivity index (χ1) is 13.9. The number of rotatable bonds is 6. The molecule has 0 saturated carbocycles. The highest BCUT2D eigenvalue weighted by Gasteiger charge is 2.28. The number of aryl methyl sites for hydroxylation is 1. The summed E-state index contributed by atoms with van der Waals surface area (Å²) in [5.41, 5.74) is 1.31. The van der Waals surface area contributed by atoms with Crippen molar-refractivity contribution in [2.45, 2.75) is 6.92 Å². The topological polar surface area (TPSA) is 90.7 Å². The fraction of sp³-hybridized carbons (Fsp3) is 0.150. The maximum atomic E-state index is 12.3. The third kappa shape index (κ3) is 4.70. The van der Waals surface area contributed by atoms with Gasteiger partial charge in [0.15, 0.2) is 12.2 Å². The number of esters is 1. The Hall–Kier alpha value is -3.03. The summed E-state index contributed by atoms with van der Waals surface area (Å²) in [7, 11) is 1.19. The predicted octanol–water partition coefficient (Wildman–Crippen LogP) is 4.76. The highest BCUT2D eigenvalue weighted by molar-refractivity contribution is 6.39. The van der Waals surface area contributed by atoms with Crippen LogP contribution < -0.4 is 10.1 Å². The number of benzene rings is 2. The second-order valence-corrected chi connectivity index (χ2v) is 6.79. The van der Waals surface area contributed by atoms with Crippen LogP contribution in [-0.4, -0.2) is 30.7 Å². The molecule has 1 amide bonds. The van der Waals surface area contributed by atoms with Crippen LogP contribution in [0.4, 0.5) is 5.88 Å². The molecule has 1 N–H and O–H groups in total. The molecule has 7 nitrogen and oxygen atoms in total. The van der Waals surface area contributed by atoms with Crippen LogP contribution in [0.15, 0.2) is 47.0 Å². The smallest absolute Gasteiger partial charge is 0.345 e. The summed E-state index contributed by atoms with van der Waals surface area (Å²) >= 11 is 12.4. The minimum Gasteiger partial charge on any atom is -0.484 e. The third-order valence-electron chi connectivity index (χ3n) is 3.93. The number of carbonyl (C=O) groups excluding carboxylic acids is 2. The second kappa shape index (κ2) is 8.98. The highest BCUT2D eigenvalue weighted by Crippen LogP contribution is 2.38. The van der Waals surface area contributed by atoms with Crippen molar-refractivity contribution in [2.75, 3.05) is 19.0 Å². The quantitative estimate of drug-likeness (QED) is 0.562. The number of hydrogen-bond acceptors (Lipinski definition) is 6. The van der Waals surface area contributed by atoms with E-state index in [0.717, 1.165) is 5.56 Å². The van der Waals surface area contributed by atoms with Gasteiger partial charge in [0.05, 0.1) is 17.2 Å². The Balaban J connectivity index is 1.84. The Bertz CT molecular complexity index is 1030. The third-order valence-corrected chi connectivity index (χ3v) is 4.55. The second-order valence-electron chi connectivity index (χ2n) is 5.97. The number of nitrogens with one attached hydrogen (secondary N) is 1. The SMILES string of the molecule is COC(=O)c1c(-c2c(Cl)cccc2Cl)noc1NC(=O)COc1ccc(C)cc1. The first-order valence-corrected chi connectivity index (χ1v) is 9.18.